The Bertz CT molecular complexity index is 612. The first-order valence-electron chi connectivity index (χ1n) is 6.56. The van der Waals surface area contributed by atoms with Crippen LogP contribution in [0, 0.1) is 6.92 Å². The number of hydrogen-bond acceptors (Lipinski definition) is 3. The van der Waals surface area contributed by atoms with Crippen molar-refractivity contribution in [1.29, 1.82) is 0 Å². The van der Waals surface area contributed by atoms with Crippen LogP contribution in [0.1, 0.15) is 36.6 Å². The van der Waals surface area contributed by atoms with Crippen molar-refractivity contribution in [3.05, 3.63) is 52.5 Å². The minimum absolute atomic E-state index is 0.160. The number of nitrogens with one attached hydrogen (secondary N) is 1. The summed E-state index contributed by atoms with van der Waals surface area (Å²) in [5.41, 5.74) is 3.23. The molecule has 0 spiro atoms. The molecule has 0 unspecified atom stereocenters. The molecule has 104 valence electrons. The van der Waals surface area contributed by atoms with E-state index in [0.717, 1.165) is 11.3 Å². The molecule has 20 heavy (non-hydrogen) atoms. The van der Waals surface area contributed by atoms with Gasteiger partial charge >= 0.3 is 0 Å². The summed E-state index contributed by atoms with van der Waals surface area (Å²) >= 11 is 1.43. The lowest BCUT2D eigenvalue weighted by Gasteiger charge is -2.04. The molecule has 1 amide bonds. The molecule has 1 aromatic carbocycles. The maximum Gasteiger partial charge on any atom is 0.250 e. The quantitative estimate of drug-likeness (QED) is 0.855. The third-order valence-electron chi connectivity index (χ3n) is 2.88. The number of anilines is 1. The standard InChI is InChI=1S/C16H18N2OS/c1-11(2)14-7-4-13(5-8-14)6-9-15(19)18-16-17-12(3)10-20-16/h4-11H,1-3H3,(H,17,18,19)/b9-6+. The van der Waals surface area contributed by atoms with Crippen molar-refractivity contribution in [2.75, 3.05) is 5.32 Å². The molecule has 2 rings (SSSR count). The van der Waals surface area contributed by atoms with E-state index in [9.17, 15) is 4.79 Å². The van der Waals surface area contributed by atoms with Gasteiger partial charge in [0.2, 0.25) is 5.91 Å². The summed E-state index contributed by atoms with van der Waals surface area (Å²) in [6, 6.07) is 8.22. The summed E-state index contributed by atoms with van der Waals surface area (Å²) in [5, 5.41) is 5.28. The molecule has 2 aromatic rings. The van der Waals surface area contributed by atoms with Gasteiger partial charge in [-0.1, -0.05) is 38.1 Å². The van der Waals surface area contributed by atoms with Gasteiger partial charge in [0, 0.05) is 11.5 Å². The molecule has 0 aliphatic heterocycles. The number of amides is 1. The maximum absolute atomic E-state index is 11.7. The van der Waals surface area contributed by atoms with E-state index < -0.39 is 0 Å². The van der Waals surface area contributed by atoms with Crippen LogP contribution in [0.2, 0.25) is 0 Å². The highest BCUT2D eigenvalue weighted by Gasteiger charge is 2.02. The van der Waals surface area contributed by atoms with Gasteiger partial charge in [-0.15, -0.1) is 11.3 Å². The molecule has 3 nitrogen and oxygen atoms in total. The lowest BCUT2D eigenvalue weighted by molar-refractivity contribution is -0.111. The summed E-state index contributed by atoms with van der Waals surface area (Å²) < 4.78 is 0. The molecule has 0 aliphatic carbocycles. The number of hydrogen-bond donors (Lipinski definition) is 1. The van der Waals surface area contributed by atoms with Gasteiger partial charge < -0.3 is 0 Å². The average Bonchev–Trinajstić information content (AvgIpc) is 2.82. The molecule has 0 radical (unpaired) electrons. The molecule has 0 saturated heterocycles. The minimum Gasteiger partial charge on any atom is -0.298 e. The predicted octanol–water partition coefficient (Wildman–Crippen LogP) is 4.23. The normalized spacial score (nSPS) is 11.2. The fraction of sp³-hybridized carbons (Fsp3) is 0.250. The Balaban J connectivity index is 1.96. The van der Waals surface area contributed by atoms with Crippen LogP contribution in [-0.2, 0) is 4.79 Å². The third kappa shape index (κ3) is 4.03. The molecule has 1 aromatic heterocycles. The van der Waals surface area contributed by atoms with E-state index in [1.165, 1.54) is 23.0 Å². The molecule has 1 N–H and O–H groups in total. The van der Waals surface area contributed by atoms with E-state index in [4.69, 9.17) is 0 Å². The Labute approximate surface area is 123 Å². The van der Waals surface area contributed by atoms with Crippen molar-refractivity contribution < 1.29 is 4.79 Å². The molecule has 0 saturated carbocycles. The molecule has 0 atom stereocenters. The number of carbonyl (C=O) groups is 1. The molecule has 0 bridgehead atoms. The number of benzene rings is 1. The Morgan fingerprint density at radius 2 is 2.00 bits per heavy atom. The first-order valence-corrected chi connectivity index (χ1v) is 7.43. The van der Waals surface area contributed by atoms with Crippen LogP contribution in [0.4, 0.5) is 5.13 Å². The lowest BCUT2D eigenvalue weighted by Crippen LogP contribution is -2.07. The van der Waals surface area contributed by atoms with E-state index >= 15 is 0 Å². The summed E-state index contributed by atoms with van der Waals surface area (Å²) in [7, 11) is 0. The van der Waals surface area contributed by atoms with Gasteiger partial charge in [-0.25, -0.2) is 4.98 Å². The molecular weight excluding hydrogens is 268 g/mol. The van der Waals surface area contributed by atoms with Gasteiger partial charge in [-0.05, 0) is 30.0 Å². The first kappa shape index (κ1) is 14.5. The Morgan fingerprint density at radius 1 is 1.30 bits per heavy atom. The number of carbonyl (C=O) groups excluding carboxylic acids is 1. The predicted molar refractivity (Wildman–Crippen MR) is 85.0 cm³/mol. The van der Waals surface area contributed by atoms with Crippen molar-refractivity contribution >= 4 is 28.5 Å². The van der Waals surface area contributed by atoms with E-state index in [1.807, 2.05) is 24.4 Å². The van der Waals surface area contributed by atoms with Crippen molar-refractivity contribution in [1.82, 2.24) is 4.98 Å². The van der Waals surface area contributed by atoms with Crippen molar-refractivity contribution in [2.45, 2.75) is 26.7 Å². The Hall–Kier alpha value is -1.94. The van der Waals surface area contributed by atoms with Crippen LogP contribution >= 0.6 is 11.3 Å². The molecular formula is C16H18N2OS. The van der Waals surface area contributed by atoms with Gasteiger partial charge in [-0.2, -0.15) is 0 Å². The summed E-state index contributed by atoms with van der Waals surface area (Å²) in [5.74, 6) is 0.358. The number of aromatic nitrogens is 1. The number of aryl methyl sites for hydroxylation is 1. The summed E-state index contributed by atoms with van der Waals surface area (Å²) in [6.45, 7) is 6.22. The minimum atomic E-state index is -0.160. The molecule has 4 heteroatoms. The largest absolute Gasteiger partial charge is 0.298 e. The van der Waals surface area contributed by atoms with Gasteiger partial charge in [0.25, 0.3) is 0 Å². The van der Waals surface area contributed by atoms with Crippen LogP contribution < -0.4 is 5.32 Å². The second-order valence-corrected chi connectivity index (χ2v) is 5.80. The van der Waals surface area contributed by atoms with Gasteiger partial charge in [0.05, 0.1) is 5.69 Å². The molecule has 0 fully saturated rings. The van der Waals surface area contributed by atoms with Crippen molar-refractivity contribution in [3.8, 4) is 0 Å². The van der Waals surface area contributed by atoms with Crippen LogP contribution in [0.5, 0.6) is 0 Å². The molecule has 1 heterocycles. The van der Waals surface area contributed by atoms with Gasteiger partial charge in [0.15, 0.2) is 5.13 Å². The average molecular weight is 286 g/mol. The smallest absolute Gasteiger partial charge is 0.250 e. The lowest BCUT2D eigenvalue weighted by atomic mass is 10.0. The zero-order chi connectivity index (χ0) is 14.5. The Kier molecular flexibility index (Phi) is 4.69. The van der Waals surface area contributed by atoms with Gasteiger partial charge in [-0.3, -0.25) is 10.1 Å². The topological polar surface area (TPSA) is 42.0 Å². The van der Waals surface area contributed by atoms with E-state index in [1.54, 1.807) is 6.08 Å². The van der Waals surface area contributed by atoms with Crippen molar-refractivity contribution in [2.24, 2.45) is 0 Å². The highest BCUT2D eigenvalue weighted by Crippen LogP contribution is 2.16. The monoisotopic (exact) mass is 286 g/mol. The van der Waals surface area contributed by atoms with Crippen LogP contribution in [0.15, 0.2) is 35.7 Å². The number of thiazole rings is 1. The number of rotatable bonds is 4. The van der Waals surface area contributed by atoms with Crippen LogP contribution in [0.3, 0.4) is 0 Å². The summed E-state index contributed by atoms with van der Waals surface area (Å²) in [4.78, 5) is 15.9. The van der Waals surface area contributed by atoms with Crippen LogP contribution in [0.25, 0.3) is 6.08 Å². The maximum atomic E-state index is 11.7. The SMILES string of the molecule is Cc1csc(NC(=O)/C=C/c2ccc(C(C)C)cc2)n1. The van der Waals surface area contributed by atoms with E-state index in [-0.39, 0.29) is 5.91 Å². The molecule has 0 aliphatic rings. The highest BCUT2D eigenvalue weighted by molar-refractivity contribution is 7.13. The fourth-order valence-electron chi connectivity index (χ4n) is 1.72. The van der Waals surface area contributed by atoms with Gasteiger partial charge in [0.1, 0.15) is 0 Å². The second-order valence-electron chi connectivity index (χ2n) is 4.94. The fourth-order valence-corrected chi connectivity index (χ4v) is 2.41. The third-order valence-corrected chi connectivity index (χ3v) is 3.76. The van der Waals surface area contributed by atoms with Crippen molar-refractivity contribution in [3.63, 3.8) is 0 Å². The first-order chi connectivity index (χ1) is 9.54. The second kappa shape index (κ2) is 6.48. The zero-order valence-corrected chi connectivity index (χ0v) is 12.7. The Morgan fingerprint density at radius 3 is 2.55 bits per heavy atom. The highest BCUT2D eigenvalue weighted by atomic mass is 32.1. The zero-order valence-electron chi connectivity index (χ0n) is 11.9. The summed E-state index contributed by atoms with van der Waals surface area (Å²) in [6.07, 6.45) is 3.33. The van der Waals surface area contributed by atoms with E-state index in [0.29, 0.717) is 11.0 Å². The van der Waals surface area contributed by atoms with Crippen LogP contribution in [-0.4, -0.2) is 10.9 Å². The van der Waals surface area contributed by atoms with E-state index in [2.05, 4.69) is 36.3 Å². The number of nitrogens with zero attached hydrogens (tertiary/aromatic N) is 1.